The zero-order valence-electron chi connectivity index (χ0n) is 18.7. The largest absolute Gasteiger partial charge is 0.378 e. The molecule has 2 N–H and O–H groups in total. The maximum atomic E-state index is 11.4. The Hall–Kier alpha value is -0.730. The van der Waals surface area contributed by atoms with Crippen LogP contribution in [0.5, 0.6) is 0 Å². The summed E-state index contributed by atoms with van der Waals surface area (Å²) in [6, 6.07) is 0.638. The molecule has 7 heteroatoms. The van der Waals surface area contributed by atoms with Gasteiger partial charge in [0.05, 0.1) is 39.6 Å². The highest BCUT2D eigenvalue weighted by Crippen LogP contribution is 2.13. The summed E-state index contributed by atoms with van der Waals surface area (Å²) >= 11 is 0. The van der Waals surface area contributed by atoms with Gasteiger partial charge < -0.3 is 29.7 Å². The predicted octanol–water partition coefficient (Wildman–Crippen LogP) is 1.66. The Balaban J connectivity index is 1.83. The molecule has 0 aromatic heterocycles. The SMILES string of the molecule is CC(C)C(=O)NCCOCCOCCOCCN1CCC(NC(C)(C)C)CC1. The number of piperidine rings is 1. The van der Waals surface area contributed by atoms with Crippen molar-refractivity contribution < 1.29 is 19.0 Å². The van der Waals surface area contributed by atoms with Crippen LogP contribution in [0.3, 0.4) is 0 Å². The average Bonchev–Trinajstić information content (AvgIpc) is 2.62. The Morgan fingerprint density at radius 2 is 1.50 bits per heavy atom. The van der Waals surface area contributed by atoms with E-state index >= 15 is 0 Å². The van der Waals surface area contributed by atoms with Crippen molar-refractivity contribution >= 4 is 5.91 Å². The number of carbonyl (C=O) groups excluding carboxylic acids is 1. The first-order valence-corrected chi connectivity index (χ1v) is 10.8. The molecule has 28 heavy (non-hydrogen) atoms. The Bertz CT molecular complexity index is 405. The van der Waals surface area contributed by atoms with Gasteiger partial charge in [-0.15, -0.1) is 0 Å². The lowest BCUT2D eigenvalue weighted by molar-refractivity contribution is -0.124. The van der Waals surface area contributed by atoms with Crippen LogP contribution in [-0.4, -0.2) is 88.2 Å². The summed E-state index contributed by atoms with van der Waals surface area (Å²) in [5.74, 6) is 0.0728. The molecule has 0 atom stereocenters. The van der Waals surface area contributed by atoms with Crippen molar-refractivity contribution in [2.75, 3.05) is 65.8 Å². The van der Waals surface area contributed by atoms with Crippen molar-refractivity contribution in [3.05, 3.63) is 0 Å². The number of rotatable bonds is 14. The number of nitrogens with one attached hydrogen (secondary N) is 2. The highest BCUT2D eigenvalue weighted by molar-refractivity contribution is 5.77. The molecule has 0 aliphatic carbocycles. The van der Waals surface area contributed by atoms with E-state index in [0.29, 0.717) is 45.6 Å². The molecular formula is C21H43N3O4. The van der Waals surface area contributed by atoms with Gasteiger partial charge in [-0.25, -0.2) is 0 Å². The Morgan fingerprint density at radius 1 is 0.964 bits per heavy atom. The molecule has 1 heterocycles. The van der Waals surface area contributed by atoms with E-state index in [-0.39, 0.29) is 17.4 Å². The first-order chi connectivity index (χ1) is 13.3. The maximum Gasteiger partial charge on any atom is 0.222 e. The second-order valence-electron chi connectivity index (χ2n) is 8.79. The van der Waals surface area contributed by atoms with Gasteiger partial charge in [-0.05, 0) is 46.7 Å². The van der Waals surface area contributed by atoms with Gasteiger partial charge in [-0.2, -0.15) is 0 Å². The van der Waals surface area contributed by atoms with Crippen LogP contribution in [0.2, 0.25) is 0 Å². The summed E-state index contributed by atoms with van der Waals surface area (Å²) in [4.78, 5) is 13.8. The van der Waals surface area contributed by atoms with E-state index < -0.39 is 0 Å². The molecule has 1 saturated heterocycles. The van der Waals surface area contributed by atoms with Crippen LogP contribution in [0.1, 0.15) is 47.5 Å². The molecule has 1 aliphatic rings. The standard InChI is InChI=1S/C21H43N3O4/c1-18(2)20(25)22-8-12-26-14-16-28-17-15-27-13-11-24-9-6-19(7-10-24)23-21(3,4)5/h18-19,23H,6-17H2,1-5H3,(H,22,25). The molecule has 0 aromatic rings. The first-order valence-electron chi connectivity index (χ1n) is 10.8. The molecule has 0 spiro atoms. The third-order valence-corrected chi connectivity index (χ3v) is 4.59. The summed E-state index contributed by atoms with van der Waals surface area (Å²) in [6.07, 6.45) is 2.42. The van der Waals surface area contributed by atoms with Crippen LogP contribution < -0.4 is 10.6 Å². The Labute approximate surface area is 171 Å². The number of amides is 1. The fraction of sp³-hybridized carbons (Fsp3) is 0.952. The third-order valence-electron chi connectivity index (χ3n) is 4.59. The highest BCUT2D eigenvalue weighted by atomic mass is 16.5. The lowest BCUT2D eigenvalue weighted by Crippen LogP contribution is -2.49. The number of ether oxygens (including phenoxy) is 3. The van der Waals surface area contributed by atoms with E-state index in [9.17, 15) is 4.79 Å². The van der Waals surface area contributed by atoms with E-state index in [4.69, 9.17) is 14.2 Å². The van der Waals surface area contributed by atoms with Gasteiger partial charge in [0.1, 0.15) is 0 Å². The number of nitrogens with zero attached hydrogens (tertiary/aromatic N) is 1. The summed E-state index contributed by atoms with van der Waals surface area (Å²) in [7, 11) is 0. The van der Waals surface area contributed by atoms with Crippen LogP contribution in [0.4, 0.5) is 0 Å². The van der Waals surface area contributed by atoms with E-state index in [1.54, 1.807) is 0 Å². The Morgan fingerprint density at radius 3 is 2.04 bits per heavy atom. The van der Waals surface area contributed by atoms with E-state index in [1.807, 2.05) is 13.8 Å². The quantitative estimate of drug-likeness (QED) is 0.431. The summed E-state index contributed by atoms with van der Waals surface area (Å²) in [6.45, 7) is 17.8. The number of carbonyl (C=O) groups is 1. The molecule has 0 radical (unpaired) electrons. The minimum atomic E-state index is 0.0145. The number of hydrogen-bond donors (Lipinski definition) is 2. The first kappa shape index (κ1) is 25.3. The second-order valence-corrected chi connectivity index (χ2v) is 8.79. The van der Waals surface area contributed by atoms with E-state index in [0.717, 1.165) is 26.2 Å². The van der Waals surface area contributed by atoms with Crippen molar-refractivity contribution in [1.29, 1.82) is 0 Å². The zero-order valence-corrected chi connectivity index (χ0v) is 18.7. The fourth-order valence-electron chi connectivity index (χ4n) is 3.10. The van der Waals surface area contributed by atoms with Crippen LogP contribution in [0.15, 0.2) is 0 Å². The minimum absolute atomic E-state index is 0.0145. The van der Waals surface area contributed by atoms with Crippen LogP contribution in [0.25, 0.3) is 0 Å². The topological polar surface area (TPSA) is 72.1 Å². The molecule has 1 fully saturated rings. The lowest BCUT2D eigenvalue weighted by atomic mass is 10.00. The van der Waals surface area contributed by atoms with Gasteiger partial charge in [0.15, 0.2) is 0 Å². The van der Waals surface area contributed by atoms with Gasteiger partial charge in [0, 0.05) is 30.6 Å². The molecule has 1 amide bonds. The van der Waals surface area contributed by atoms with Gasteiger partial charge >= 0.3 is 0 Å². The highest BCUT2D eigenvalue weighted by Gasteiger charge is 2.22. The zero-order chi connectivity index (χ0) is 20.8. The summed E-state index contributed by atoms with van der Waals surface area (Å²) < 4.78 is 16.6. The van der Waals surface area contributed by atoms with Crippen molar-refractivity contribution in [3.8, 4) is 0 Å². The van der Waals surface area contributed by atoms with E-state index in [2.05, 4.69) is 36.3 Å². The van der Waals surface area contributed by atoms with Gasteiger partial charge in [-0.3, -0.25) is 4.79 Å². The van der Waals surface area contributed by atoms with Gasteiger partial charge in [0.2, 0.25) is 5.91 Å². The van der Waals surface area contributed by atoms with Crippen molar-refractivity contribution in [2.45, 2.75) is 59.0 Å². The third kappa shape index (κ3) is 13.4. The molecule has 1 rings (SSSR count). The molecule has 0 aromatic carbocycles. The van der Waals surface area contributed by atoms with Crippen molar-refractivity contribution in [1.82, 2.24) is 15.5 Å². The molecular weight excluding hydrogens is 358 g/mol. The Kier molecular flexibility index (Phi) is 12.9. The molecule has 7 nitrogen and oxygen atoms in total. The van der Waals surface area contributed by atoms with E-state index in [1.165, 1.54) is 12.8 Å². The van der Waals surface area contributed by atoms with Crippen LogP contribution in [0, 0.1) is 5.92 Å². The predicted molar refractivity (Wildman–Crippen MR) is 113 cm³/mol. The minimum Gasteiger partial charge on any atom is -0.378 e. The molecule has 0 unspecified atom stereocenters. The molecule has 0 bridgehead atoms. The number of hydrogen-bond acceptors (Lipinski definition) is 6. The molecule has 166 valence electrons. The summed E-state index contributed by atoms with van der Waals surface area (Å²) in [5.41, 5.74) is 0.199. The fourth-order valence-corrected chi connectivity index (χ4v) is 3.10. The van der Waals surface area contributed by atoms with Gasteiger partial charge in [0.25, 0.3) is 0 Å². The molecule has 0 saturated carbocycles. The molecule has 1 aliphatic heterocycles. The van der Waals surface area contributed by atoms with Crippen LogP contribution in [-0.2, 0) is 19.0 Å². The normalized spacial score (nSPS) is 16.6. The second kappa shape index (κ2) is 14.3. The maximum absolute atomic E-state index is 11.4. The summed E-state index contributed by atoms with van der Waals surface area (Å²) in [5, 5.41) is 6.51. The van der Waals surface area contributed by atoms with Gasteiger partial charge in [-0.1, -0.05) is 13.8 Å². The number of likely N-dealkylation sites (tertiary alicyclic amines) is 1. The average molecular weight is 402 g/mol. The van der Waals surface area contributed by atoms with Crippen LogP contribution >= 0.6 is 0 Å². The monoisotopic (exact) mass is 401 g/mol. The van der Waals surface area contributed by atoms with Crippen molar-refractivity contribution in [3.63, 3.8) is 0 Å². The van der Waals surface area contributed by atoms with Crippen molar-refractivity contribution in [2.24, 2.45) is 5.92 Å². The smallest absolute Gasteiger partial charge is 0.222 e. The lowest BCUT2D eigenvalue weighted by Gasteiger charge is -2.36.